The number of carbonyl (C=O) groups is 1. The fourth-order valence-electron chi connectivity index (χ4n) is 2.79. The molecule has 2 rings (SSSR count). The molecular formula is C15H23N3O2. The van der Waals surface area contributed by atoms with Crippen LogP contribution in [0.5, 0.6) is 0 Å². The minimum absolute atomic E-state index is 0.265. The number of carboxylic acid groups (broad SMARTS) is 1. The number of nitrogens with zero attached hydrogens (tertiary/aromatic N) is 2. The average Bonchev–Trinajstić information content (AvgIpc) is 2.91. The van der Waals surface area contributed by atoms with Gasteiger partial charge in [-0.1, -0.05) is 13.3 Å². The number of hydrogen-bond donors (Lipinski definition) is 2. The van der Waals surface area contributed by atoms with E-state index in [9.17, 15) is 4.79 Å². The summed E-state index contributed by atoms with van der Waals surface area (Å²) in [5.41, 5.74) is 2.45. The Morgan fingerprint density at radius 1 is 1.40 bits per heavy atom. The maximum absolute atomic E-state index is 10.6. The first-order valence-corrected chi connectivity index (χ1v) is 7.49. The van der Waals surface area contributed by atoms with Crippen LogP contribution in [0.2, 0.25) is 0 Å². The second-order valence-electron chi connectivity index (χ2n) is 5.42. The maximum Gasteiger partial charge on any atom is 0.303 e. The third-order valence-electron chi connectivity index (χ3n) is 4.06. The molecule has 2 N–H and O–H groups in total. The van der Waals surface area contributed by atoms with Crippen molar-refractivity contribution in [2.24, 2.45) is 5.92 Å². The molecule has 1 aromatic heterocycles. The van der Waals surface area contributed by atoms with Gasteiger partial charge in [-0.15, -0.1) is 0 Å². The Bertz CT molecular complexity index is 462. The Balaban J connectivity index is 1.80. The quantitative estimate of drug-likeness (QED) is 0.764. The van der Waals surface area contributed by atoms with E-state index in [0.717, 1.165) is 44.5 Å². The monoisotopic (exact) mass is 277 g/mol. The van der Waals surface area contributed by atoms with Gasteiger partial charge < -0.3 is 10.4 Å². The zero-order valence-corrected chi connectivity index (χ0v) is 12.1. The molecule has 0 fully saturated rings. The van der Waals surface area contributed by atoms with E-state index in [-0.39, 0.29) is 6.42 Å². The second kappa shape index (κ2) is 7.22. The highest BCUT2D eigenvalue weighted by Crippen LogP contribution is 2.25. The van der Waals surface area contributed by atoms with Gasteiger partial charge in [0.15, 0.2) is 0 Å². The van der Waals surface area contributed by atoms with Gasteiger partial charge in [0.2, 0.25) is 0 Å². The van der Waals surface area contributed by atoms with E-state index in [2.05, 4.69) is 22.2 Å². The fourth-order valence-corrected chi connectivity index (χ4v) is 2.79. The molecule has 1 unspecified atom stereocenters. The predicted molar refractivity (Wildman–Crippen MR) is 77.8 cm³/mol. The summed E-state index contributed by atoms with van der Waals surface area (Å²) < 4.78 is 0. The number of nitrogens with one attached hydrogen (secondary N) is 1. The molecule has 1 atom stereocenters. The van der Waals surface area contributed by atoms with E-state index in [1.807, 2.05) is 0 Å². The van der Waals surface area contributed by atoms with Crippen LogP contribution < -0.4 is 5.32 Å². The number of hydrogen-bond acceptors (Lipinski definition) is 4. The van der Waals surface area contributed by atoms with E-state index < -0.39 is 5.97 Å². The van der Waals surface area contributed by atoms with Gasteiger partial charge in [0.25, 0.3) is 0 Å². The summed E-state index contributed by atoms with van der Waals surface area (Å²) in [6, 6.07) is 0. The molecule has 5 nitrogen and oxygen atoms in total. The van der Waals surface area contributed by atoms with E-state index in [1.54, 1.807) is 6.33 Å². The van der Waals surface area contributed by atoms with E-state index in [1.165, 1.54) is 17.7 Å². The Kier molecular flexibility index (Phi) is 5.32. The molecular weight excluding hydrogens is 254 g/mol. The van der Waals surface area contributed by atoms with Crippen molar-refractivity contribution in [2.75, 3.05) is 11.9 Å². The summed E-state index contributed by atoms with van der Waals surface area (Å²) in [6.45, 7) is 2.97. The lowest BCUT2D eigenvalue weighted by Gasteiger charge is -2.15. The summed E-state index contributed by atoms with van der Waals surface area (Å²) in [7, 11) is 0. The van der Waals surface area contributed by atoms with Crippen molar-refractivity contribution >= 4 is 11.8 Å². The van der Waals surface area contributed by atoms with Crippen molar-refractivity contribution in [1.29, 1.82) is 0 Å². The van der Waals surface area contributed by atoms with Crippen LogP contribution in [0.1, 0.15) is 50.3 Å². The largest absolute Gasteiger partial charge is 0.481 e. The van der Waals surface area contributed by atoms with E-state index in [0.29, 0.717) is 5.92 Å². The van der Waals surface area contributed by atoms with Crippen LogP contribution >= 0.6 is 0 Å². The number of rotatable bonds is 8. The van der Waals surface area contributed by atoms with E-state index in [4.69, 9.17) is 5.11 Å². The predicted octanol–water partition coefficient (Wildman–Crippen LogP) is 2.66. The minimum Gasteiger partial charge on any atom is -0.481 e. The molecule has 110 valence electrons. The third kappa shape index (κ3) is 3.92. The number of aromatic nitrogens is 2. The third-order valence-corrected chi connectivity index (χ3v) is 4.06. The first-order chi connectivity index (χ1) is 9.70. The number of fused-ring (bicyclic) bond motifs is 1. The van der Waals surface area contributed by atoms with Gasteiger partial charge >= 0.3 is 5.97 Å². The van der Waals surface area contributed by atoms with Gasteiger partial charge in [0.05, 0.1) is 0 Å². The van der Waals surface area contributed by atoms with Crippen molar-refractivity contribution in [2.45, 2.75) is 51.9 Å². The van der Waals surface area contributed by atoms with Crippen LogP contribution in [0.3, 0.4) is 0 Å². The van der Waals surface area contributed by atoms with Gasteiger partial charge in [-0.05, 0) is 38.0 Å². The van der Waals surface area contributed by atoms with E-state index >= 15 is 0 Å². The normalized spacial score (nSPS) is 14.8. The Labute approximate surface area is 119 Å². The number of anilines is 1. The van der Waals surface area contributed by atoms with Crippen LogP contribution in [-0.2, 0) is 17.6 Å². The molecule has 0 saturated carbocycles. The topological polar surface area (TPSA) is 75.1 Å². The van der Waals surface area contributed by atoms with Gasteiger partial charge in [-0.2, -0.15) is 0 Å². The maximum atomic E-state index is 10.6. The molecule has 0 radical (unpaired) electrons. The summed E-state index contributed by atoms with van der Waals surface area (Å²) in [5, 5.41) is 12.1. The van der Waals surface area contributed by atoms with Gasteiger partial charge in [-0.3, -0.25) is 4.79 Å². The smallest absolute Gasteiger partial charge is 0.303 e. The van der Waals surface area contributed by atoms with Crippen molar-refractivity contribution in [3.05, 3.63) is 17.6 Å². The standard InChI is InChI=1S/C15H23N3O2/c1-2-11(6-7-14(19)20)8-9-16-15-12-4-3-5-13(12)17-10-18-15/h10-11H,2-9H2,1H3,(H,19,20)(H,16,17,18). The number of aliphatic carboxylic acids is 1. The Morgan fingerprint density at radius 3 is 3.00 bits per heavy atom. The summed E-state index contributed by atoms with van der Waals surface area (Å²) in [4.78, 5) is 19.3. The molecule has 1 aliphatic rings. The van der Waals surface area contributed by atoms with Crippen LogP contribution in [0.15, 0.2) is 6.33 Å². The molecule has 1 aromatic rings. The lowest BCUT2D eigenvalue weighted by molar-refractivity contribution is -0.137. The van der Waals surface area contributed by atoms with Crippen LogP contribution in [0.4, 0.5) is 5.82 Å². The first kappa shape index (κ1) is 14.8. The molecule has 5 heteroatoms. The highest BCUT2D eigenvalue weighted by molar-refractivity contribution is 5.66. The van der Waals surface area contributed by atoms with Crippen LogP contribution in [0.25, 0.3) is 0 Å². The Morgan fingerprint density at radius 2 is 2.25 bits per heavy atom. The molecule has 20 heavy (non-hydrogen) atoms. The highest BCUT2D eigenvalue weighted by atomic mass is 16.4. The summed E-state index contributed by atoms with van der Waals surface area (Å²) in [5.74, 6) is 0.735. The lowest BCUT2D eigenvalue weighted by atomic mass is 9.96. The minimum atomic E-state index is -0.704. The molecule has 0 bridgehead atoms. The van der Waals surface area contributed by atoms with Crippen molar-refractivity contribution < 1.29 is 9.90 Å². The number of aryl methyl sites for hydroxylation is 1. The fraction of sp³-hybridized carbons (Fsp3) is 0.667. The molecule has 0 spiro atoms. The summed E-state index contributed by atoms with van der Waals surface area (Å²) >= 11 is 0. The first-order valence-electron chi connectivity index (χ1n) is 7.49. The summed E-state index contributed by atoms with van der Waals surface area (Å²) in [6.07, 6.45) is 7.96. The second-order valence-corrected chi connectivity index (χ2v) is 5.42. The molecule has 0 aromatic carbocycles. The molecule has 1 aliphatic carbocycles. The zero-order valence-electron chi connectivity index (χ0n) is 12.1. The van der Waals surface area contributed by atoms with Crippen molar-refractivity contribution in [3.8, 4) is 0 Å². The van der Waals surface area contributed by atoms with Gasteiger partial charge in [-0.25, -0.2) is 9.97 Å². The van der Waals surface area contributed by atoms with Crippen molar-refractivity contribution in [1.82, 2.24) is 9.97 Å². The van der Waals surface area contributed by atoms with Gasteiger partial charge in [0, 0.05) is 24.2 Å². The van der Waals surface area contributed by atoms with Crippen LogP contribution in [-0.4, -0.2) is 27.6 Å². The Hall–Kier alpha value is -1.65. The zero-order chi connectivity index (χ0) is 14.4. The molecule has 0 saturated heterocycles. The average molecular weight is 277 g/mol. The highest BCUT2D eigenvalue weighted by Gasteiger charge is 2.17. The van der Waals surface area contributed by atoms with Crippen LogP contribution in [0, 0.1) is 5.92 Å². The lowest BCUT2D eigenvalue weighted by Crippen LogP contribution is -2.12. The number of carboxylic acids is 1. The molecule has 0 aliphatic heterocycles. The van der Waals surface area contributed by atoms with Crippen molar-refractivity contribution in [3.63, 3.8) is 0 Å². The molecule has 1 heterocycles. The SMILES string of the molecule is CCC(CCNc1ncnc2c1CCC2)CCC(=O)O. The molecule has 0 amide bonds. The van der Waals surface area contributed by atoms with Gasteiger partial charge in [0.1, 0.15) is 12.1 Å².